The van der Waals surface area contributed by atoms with Crippen LogP contribution in [0.1, 0.15) is 11.7 Å². The molecule has 0 radical (unpaired) electrons. The maximum atomic E-state index is 12.8. The summed E-state index contributed by atoms with van der Waals surface area (Å²) in [6.07, 6.45) is 3.00. The second kappa shape index (κ2) is 5.73. The van der Waals surface area contributed by atoms with Crippen LogP contribution in [0.5, 0.6) is 5.75 Å². The van der Waals surface area contributed by atoms with Crippen molar-refractivity contribution in [1.29, 1.82) is 0 Å². The Morgan fingerprint density at radius 2 is 2.00 bits per heavy atom. The molecule has 0 aliphatic carbocycles. The first-order chi connectivity index (χ1) is 8.69. The molecule has 18 heavy (non-hydrogen) atoms. The second-order valence-corrected chi connectivity index (χ2v) is 4.48. The number of pyridine rings is 1. The van der Waals surface area contributed by atoms with Crippen LogP contribution < -0.4 is 4.74 Å². The molecular formula is C13H9BrFNO2. The molecule has 1 unspecified atom stereocenters. The van der Waals surface area contributed by atoms with Gasteiger partial charge in [-0.1, -0.05) is 12.1 Å². The van der Waals surface area contributed by atoms with Crippen LogP contribution in [-0.2, 0) is 4.79 Å². The minimum absolute atomic E-state index is 0.354. The summed E-state index contributed by atoms with van der Waals surface area (Å²) in [6.45, 7) is 0. The van der Waals surface area contributed by atoms with E-state index in [1.54, 1.807) is 12.3 Å². The first kappa shape index (κ1) is 12.7. The Labute approximate surface area is 112 Å². The molecule has 0 saturated heterocycles. The topological polar surface area (TPSA) is 39.2 Å². The van der Waals surface area contributed by atoms with Crippen LogP contribution in [0.2, 0.25) is 0 Å². The van der Waals surface area contributed by atoms with E-state index >= 15 is 0 Å². The molecule has 3 nitrogen and oxygen atoms in total. The average molecular weight is 310 g/mol. The van der Waals surface area contributed by atoms with Gasteiger partial charge in [-0.25, -0.2) is 4.39 Å². The molecule has 1 aromatic carbocycles. The third-order valence-corrected chi connectivity index (χ3v) is 2.70. The van der Waals surface area contributed by atoms with Crippen molar-refractivity contribution in [3.05, 3.63) is 58.6 Å². The molecule has 2 aromatic rings. The van der Waals surface area contributed by atoms with Gasteiger partial charge in [0.05, 0.1) is 6.20 Å². The number of hydrogen-bond acceptors (Lipinski definition) is 3. The van der Waals surface area contributed by atoms with Crippen molar-refractivity contribution in [2.75, 3.05) is 0 Å². The summed E-state index contributed by atoms with van der Waals surface area (Å²) in [6, 6.07) is 7.30. The smallest absolute Gasteiger partial charge is 0.179 e. The van der Waals surface area contributed by atoms with Crippen molar-refractivity contribution in [2.24, 2.45) is 0 Å². The zero-order valence-electron chi connectivity index (χ0n) is 9.22. The number of hydrogen-bond donors (Lipinski definition) is 0. The van der Waals surface area contributed by atoms with Crippen LogP contribution in [0.4, 0.5) is 4.39 Å². The Bertz CT molecular complexity index is 545. The van der Waals surface area contributed by atoms with Crippen molar-refractivity contribution in [3.8, 4) is 5.75 Å². The van der Waals surface area contributed by atoms with Gasteiger partial charge in [0.2, 0.25) is 0 Å². The van der Waals surface area contributed by atoms with Gasteiger partial charge in [0.1, 0.15) is 11.6 Å². The predicted molar refractivity (Wildman–Crippen MR) is 67.8 cm³/mol. The number of carbonyl (C=O) groups is 1. The summed E-state index contributed by atoms with van der Waals surface area (Å²) in [5, 5.41) is 0. The standard InChI is InChI=1S/C13H9BrFNO2/c14-10-5-12(7-16-6-10)18-13(8-17)9-1-3-11(15)4-2-9/h1-8,13H. The molecule has 1 atom stereocenters. The lowest BCUT2D eigenvalue weighted by atomic mass is 10.1. The zero-order chi connectivity index (χ0) is 13.0. The molecular weight excluding hydrogens is 301 g/mol. The van der Waals surface area contributed by atoms with E-state index in [9.17, 15) is 9.18 Å². The van der Waals surface area contributed by atoms with Gasteiger partial charge in [0.25, 0.3) is 0 Å². The Balaban J connectivity index is 2.19. The maximum absolute atomic E-state index is 12.8. The van der Waals surface area contributed by atoms with E-state index in [-0.39, 0.29) is 5.82 Å². The molecule has 2 rings (SSSR count). The predicted octanol–water partition coefficient (Wildman–Crippen LogP) is 3.30. The number of aldehydes is 1. The number of benzene rings is 1. The lowest BCUT2D eigenvalue weighted by Crippen LogP contribution is -2.09. The highest BCUT2D eigenvalue weighted by atomic mass is 79.9. The van der Waals surface area contributed by atoms with Crippen LogP contribution in [0, 0.1) is 5.82 Å². The van der Waals surface area contributed by atoms with E-state index in [2.05, 4.69) is 20.9 Å². The third-order valence-electron chi connectivity index (χ3n) is 2.26. The Hall–Kier alpha value is -1.75. The molecule has 5 heteroatoms. The van der Waals surface area contributed by atoms with Gasteiger partial charge < -0.3 is 4.74 Å². The first-order valence-corrected chi connectivity index (χ1v) is 5.96. The lowest BCUT2D eigenvalue weighted by molar-refractivity contribution is -0.113. The minimum atomic E-state index is -0.776. The van der Waals surface area contributed by atoms with Crippen molar-refractivity contribution in [2.45, 2.75) is 6.10 Å². The van der Waals surface area contributed by atoms with Crippen molar-refractivity contribution < 1.29 is 13.9 Å². The van der Waals surface area contributed by atoms with Crippen LogP contribution in [0.25, 0.3) is 0 Å². The van der Waals surface area contributed by atoms with Crippen molar-refractivity contribution >= 4 is 22.2 Å². The molecule has 0 spiro atoms. The number of aromatic nitrogens is 1. The fraction of sp³-hybridized carbons (Fsp3) is 0.0769. The highest BCUT2D eigenvalue weighted by molar-refractivity contribution is 9.10. The molecule has 0 fully saturated rings. The molecule has 1 heterocycles. The minimum Gasteiger partial charge on any atom is -0.477 e. The Morgan fingerprint density at radius 3 is 2.61 bits per heavy atom. The van der Waals surface area contributed by atoms with E-state index in [0.717, 1.165) is 4.47 Å². The van der Waals surface area contributed by atoms with Crippen LogP contribution in [0.3, 0.4) is 0 Å². The maximum Gasteiger partial charge on any atom is 0.179 e. The SMILES string of the molecule is O=CC(Oc1cncc(Br)c1)c1ccc(F)cc1. The zero-order valence-corrected chi connectivity index (χ0v) is 10.8. The van der Waals surface area contributed by atoms with Gasteiger partial charge >= 0.3 is 0 Å². The molecule has 0 N–H and O–H groups in total. The first-order valence-electron chi connectivity index (χ1n) is 5.17. The van der Waals surface area contributed by atoms with Crippen LogP contribution in [0.15, 0.2) is 47.2 Å². The summed E-state index contributed by atoms with van der Waals surface area (Å²) in [4.78, 5) is 15.0. The van der Waals surface area contributed by atoms with Crippen LogP contribution >= 0.6 is 15.9 Å². The van der Waals surface area contributed by atoms with E-state index < -0.39 is 6.10 Å². The van der Waals surface area contributed by atoms with E-state index in [1.165, 1.54) is 30.5 Å². The van der Waals surface area contributed by atoms with Gasteiger partial charge in [-0.2, -0.15) is 0 Å². The summed E-state index contributed by atoms with van der Waals surface area (Å²) < 4.78 is 19.0. The number of halogens is 2. The summed E-state index contributed by atoms with van der Waals surface area (Å²) in [5.41, 5.74) is 0.589. The summed E-state index contributed by atoms with van der Waals surface area (Å²) in [5.74, 6) is 0.110. The van der Waals surface area contributed by atoms with Crippen LogP contribution in [-0.4, -0.2) is 11.3 Å². The normalized spacial score (nSPS) is 11.9. The molecule has 1 aromatic heterocycles. The lowest BCUT2D eigenvalue weighted by Gasteiger charge is -2.13. The summed E-state index contributed by atoms with van der Waals surface area (Å²) >= 11 is 3.26. The quantitative estimate of drug-likeness (QED) is 0.813. The number of ether oxygens (including phenoxy) is 1. The van der Waals surface area contributed by atoms with Crippen molar-refractivity contribution in [3.63, 3.8) is 0 Å². The average Bonchev–Trinajstić information content (AvgIpc) is 2.37. The fourth-order valence-electron chi connectivity index (χ4n) is 1.43. The summed E-state index contributed by atoms with van der Waals surface area (Å²) in [7, 11) is 0. The number of carbonyl (C=O) groups excluding carboxylic acids is 1. The van der Waals surface area contributed by atoms with Gasteiger partial charge in [0, 0.05) is 10.7 Å². The van der Waals surface area contributed by atoms with E-state index in [4.69, 9.17) is 4.74 Å². The molecule has 0 bridgehead atoms. The van der Waals surface area contributed by atoms with Gasteiger partial charge in [-0.05, 0) is 39.7 Å². The van der Waals surface area contributed by atoms with Gasteiger partial charge in [0.15, 0.2) is 12.4 Å². The molecule has 0 amide bonds. The highest BCUT2D eigenvalue weighted by Gasteiger charge is 2.12. The van der Waals surface area contributed by atoms with E-state index in [0.29, 0.717) is 17.6 Å². The van der Waals surface area contributed by atoms with E-state index in [1.807, 2.05) is 0 Å². The van der Waals surface area contributed by atoms with Crippen molar-refractivity contribution in [1.82, 2.24) is 4.98 Å². The monoisotopic (exact) mass is 309 g/mol. The molecule has 0 aliphatic rings. The molecule has 0 saturated carbocycles. The Morgan fingerprint density at radius 1 is 1.28 bits per heavy atom. The highest BCUT2D eigenvalue weighted by Crippen LogP contribution is 2.22. The third kappa shape index (κ3) is 3.13. The number of rotatable bonds is 4. The largest absolute Gasteiger partial charge is 0.477 e. The molecule has 0 aliphatic heterocycles. The number of nitrogens with zero attached hydrogens (tertiary/aromatic N) is 1. The molecule has 92 valence electrons. The Kier molecular flexibility index (Phi) is 4.04. The van der Waals surface area contributed by atoms with Gasteiger partial charge in [-0.15, -0.1) is 0 Å². The second-order valence-electron chi connectivity index (χ2n) is 3.56. The fourth-order valence-corrected chi connectivity index (χ4v) is 1.77. The van der Waals surface area contributed by atoms with Gasteiger partial charge in [-0.3, -0.25) is 9.78 Å².